The summed E-state index contributed by atoms with van der Waals surface area (Å²) in [6.07, 6.45) is 1.75. The van der Waals surface area contributed by atoms with Crippen LogP contribution in [0.3, 0.4) is 0 Å². The molecule has 0 saturated heterocycles. The highest BCUT2D eigenvalue weighted by molar-refractivity contribution is 5.91. The topological polar surface area (TPSA) is 55.4 Å². The summed E-state index contributed by atoms with van der Waals surface area (Å²) in [6.45, 7) is 7.09. The van der Waals surface area contributed by atoms with E-state index in [4.69, 9.17) is 4.74 Å². The number of esters is 1. The Labute approximate surface area is 142 Å². The zero-order valence-corrected chi connectivity index (χ0v) is 14.6. The van der Waals surface area contributed by atoms with Gasteiger partial charge in [0.1, 0.15) is 0 Å². The number of ether oxygens (including phenoxy) is 1. The first-order valence-electron chi connectivity index (χ1n) is 8.00. The van der Waals surface area contributed by atoms with Gasteiger partial charge in [0.05, 0.1) is 12.0 Å². The van der Waals surface area contributed by atoms with E-state index in [-0.39, 0.29) is 11.9 Å². The second-order valence-corrected chi connectivity index (χ2v) is 6.24. The molecule has 0 heterocycles. The SMILES string of the molecule is CCOC(=O)C(C)(C)/C=C(\NC(C)=O)c1ccc2ccccc2c1. The molecule has 0 saturated carbocycles. The van der Waals surface area contributed by atoms with Crippen molar-refractivity contribution in [3.63, 3.8) is 0 Å². The molecular weight excluding hydrogens is 302 g/mol. The van der Waals surface area contributed by atoms with Crippen LogP contribution in [0.5, 0.6) is 0 Å². The van der Waals surface area contributed by atoms with Crippen molar-refractivity contribution in [2.75, 3.05) is 6.61 Å². The van der Waals surface area contributed by atoms with Crippen molar-refractivity contribution in [2.24, 2.45) is 5.41 Å². The highest BCUT2D eigenvalue weighted by Crippen LogP contribution is 2.26. The van der Waals surface area contributed by atoms with Crippen molar-refractivity contribution in [1.29, 1.82) is 0 Å². The van der Waals surface area contributed by atoms with Gasteiger partial charge in [-0.15, -0.1) is 0 Å². The van der Waals surface area contributed by atoms with Gasteiger partial charge in [-0.05, 0) is 49.2 Å². The molecule has 24 heavy (non-hydrogen) atoms. The number of nitrogens with one attached hydrogen (secondary N) is 1. The van der Waals surface area contributed by atoms with Crippen LogP contribution < -0.4 is 5.32 Å². The molecule has 4 nitrogen and oxygen atoms in total. The van der Waals surface area contributed by atoms with Crippen molar-refractivity contribution in [2.45, 2.75) is 27.7 Å². The molecule has 0 spiro atoms. The van der Waals surface area contributed by atoms with Crippen LogP contribution in [0.15, 0.2) is 48.5 Å². The second-order valence-electron chi connectivity index (χ2n) is 6.24. The third-order valence-corrected chi connectivity index (χ3v) is 3.68. The predicted octanol–water partition coefficient (Wildman–Crippen LogP) is 3.91. The average molecular weight is 325 g/mol. The molecular formula is C20H23NO3. The van der Waals surface area contributed by atoms with Crippen molar-refractivity contribution in [3.05, 3.63) is 54.1 Å². The molecule has 0 fully saturated rings. The average Bonchev–Trinajstić information content (AvgIpc) is 2.53. The summed E-state index contributed by atoms with van der Waals surface area (Å²) in [5, 5.41) is 5.02. The summed E-state index contributed by atoms with van der Waals surface area (Å²) in [5.74, 6) is -0.511. The third kappa shape index (κ3) is 4.22. The molecule has 1 N–H and O–H groups in total. The fourth-order valence-electron chi connectivity index (χ4n) is 2.47. The minimum Gasteiger partial charge on any atom is -0.465 e. The molecule has 4 heteroatoms. The van der Waals surface area contributed by atoms with Gasteiger partial charge < -0.3 is 10.1 Å². The second kappa shape index (κ2) is 7.30. The largest absolute Gasteiger partial charge is 0.465 e. The van der Waals surface area contributed by atoms with Gasteiger partial charge in [0.15, 0.2) is 0 Å². The Morgan fingerprint density at radius 3 is 2.42 bits per heavy atom. The Kier molecular flexibility index (Phi) is 5.39. The van der Waals surface area contributed by atoms with Crippen molar-refractivity contribution < 1.29 is 14.3 Å². The molecule has 0 aliphatic carbocycles. The number of benzene rings is 2. The van der Waals surface area contributed by atoms with Gasteiger partial charge in [-0.1, -0.05) is 36.4 Å². The Balaban J connectivity index is 2.48. The fourth-order valence-corrected chi connectivity index (χ4v) is 2.47. The molecule has 0 aromatic heterocycles. The van der Waals surface area contributed by atoms with Gasteiger partial charge in [0, 0.05) is 12.6 Å². The van der Waals surface area contributed by atoms with Crippen molar-refractivity contribution >= 4 is 28.3 Å². The van der Waals surface area contributed by atoms with Gasteiger partial charge in [-0.25, -0.2) is 0 Å². The molecule has 2 rings (SSSR count). The van der Waals surface area contributed by atoms with Crippen molar-refractivity contribution in [3.8, 4) is 0 Å². The Morgan fingerprint density at radius 1 is 1.12 bits per heavy atom. The monoisotopic (exact) mass is 325 g/mol. The lowest BCUT2D eigenvalue weighted by molar-refractivity contribution is -0.150. The standard InChI is InChI=1S/C20H23NO3/c1-5-24-19(23)20(3,4)13-18(21-14(2)22)17-11-10-15-8-6-7-9-16(15)12-17/h6-13H,5H2,1-4H3,(H,21,22)/b18-13-. The summed E-state index contributed by atoms with van der Waals surface area (Å²) in [6, 6.07) is 13.9. The number of carbonyl (C=O) groups is 2. The minimum absolute atomic E-state index is 0.186. The van der Waals surface area contributed by atoms with Crippen LogP contribution in [-0.2, 0) is 14.3 Å². The lowest BCUT2D eigenvalue weighted by atomic mass is 9.90. The summed E-state index contributed by atoms with van der Waals surface area (Å²) in [5.41, 5.74) is 0.604. The van der Waals surface area contributed by atoms with E-state index in [0.717, 1.165) is 16.3 Å². The maximum absolute atomic E-state index is 12.2. The normalized spacial score (nSPS) is 12.1. The highest BCUT2D eigenvalue weighted by atomic mass is 16.5. The summed E-state index contributed by atoms with van der Waals surface area (Å²) in [7, 11) is 0. The molecule has 0 bridgehead atoms. The third-order valence-electron chi connectivity index (χ3n) is 3.68. The van der Waals surface area contributed by atoms with Gasteiger partial charge in [-0.3, -0.25) is 9.59 Å². The molecule has 0 aliphatic heterocycles. The summed E-state index contributed by atoms with van der Waals surface area (Å²) < 4.78 is 5.12. The Bertz CT molecular complexity index is 790. The van der Waals surface area contributed by atoms with Crippen LogP contribution in [0, 0.1) is 5.41 Å². The molecule has 0 unspecified atom stereocenters. The van der Waals surface area contributed by atoms with Gasteiger partial charge >= 0.3 is 5.97 Å². The van der Waals surface area contributed by atoms with Crippen LogP contribution >= 0.6 is 0 Å². The molecule has 2 aromatic rings. The molecule has 2 aromatic carbocycles. The van der Waals surface area contributed by atoms with E-state index in [1.165, 1.54) is 6.92 Å². The fraction of sp³-hybridized carbons (Fsp3) is 0.300. The number of carbonyl (C=O) groups excluding carboxylic acids is 2. The lowest BCUT2D eigenvalue weighted by Gasteiger charge is -2.21. The van der Waals surface area contributed by atoms with Crippen LogP contribution in [0.2, 0.25) is 0 Å². The van der Waals surface area contributed by atoms with Gasteiger partial charge in [0.25, 0.3) is 0 Å². The van der Waals surface area contributed by atoms with E-state index < -0.39 is 5.41 Å². The Hall–Kier alpha value is -2.62. The predicted molar refractivity (Wildman–Crippen MR) is 96.2 cm³/mol. The number of rotatable bonds is 5. The molecule has 1 amide bonds. The van der Waals surface area contributed by atoms with E-state index in [0.29, 0.717) is 12.3 Å². The lowest BCUT2D eigenvalue weighted by Crippen LogP contribution is -2.27. The zero-order chi connectivity index (χ0) is 17.7. The first-order chi connectivity index (χ1) is 11.3. The zero-order valence-electron chi connectivity index (χ0n) is 14.6. The number of amides is 1. The number of fused-ring (bicyclic) bond motifs is 1. The molecule has 0 aliphatic rings. The van der Waals surface area contributed by atoms with Gasteiger partial charge in [-0.2, -0.15) is 0 Å². The van der Waals surface area contributed by atoms with Crippen LogP contribution in [0.25, 0.3) is 16.5 Å². The van der Waals surface area contributed by atoms with E-state index in [1.54, 1.807) is 26.8 Å². The maximum atomic E-state index is 12.2. The van der Waals surface area contributed by atoms with E-state index in [2.05, 4.69) is 5.32 Å². The quantitative estimate of drug-likeness (QED) is 0.848. The molecule has 0 radical (unpaired) electrons. The summed E-state index contributed by atoms with van der Waals surface area (Å²) >= 11 is 0. The first-order valence-corrected chi connectivity index (χ1v) is 8.00. The molecule has 0 atom stereocenters. The molecule has 126 valence electrons. The van der Waals surface area contributed by atoms with Crippen LogP contribution in [-0.4, -0.2) is 18.5 Å². The first kappa shape index (κ1) is 17.7. The maximum Gasteiger partial charge on any atom is 0.315 e. The minimum atomic E-state index is -0.848. The number of hydrogen-bond acceptors (Lipinski definition) is 3. The van der Waals surface area contributed by atoms with Crippen LogP contribution in [0.1, 0.15) is 33.3 Å². The van der Waals surface area contributed by atoms with E-state index >= 15 is 0 Å². The van der Waals surface area contributed by atoms with Gasteiger partial charge in [0.2, 0.25) is 5.91 Å². The van der Waals surface area contributed by atoms with Crippen molar-refractivity contribution in [1.82, 2.24) is 5.32 Å². The van der Waals surface area contributed by atoms with Crippen LogP contribution in [0.4, 0.5) is 0 Å². The van der Waals surface area contributed by atoms with E-state index in [9.17, 15) is 9.59 Å². The number of hydrogen-bond donors (Lipinski definition) is 1. The smallest absolute Gasteiger partial charge is 0.315 e. The highest BCUT2D eigenvalue weighted by Gasteiger charge is 2.28. The van der Waals surface area contributed by atoms with E-state index in [1.807, 2.05) is 42.5 Å². The summed E-state index contributed by atoms with van der Waals surface area (Å²) in [4.78, 5) is 23.8. The Morgan fingerprint density at radius 2 is 1.79 bits per heavy atom.